The lowest BCUT2D eigenvalue weighted by Crippen LogP contribution is -2.59. The molecule has 1 atom stereocenters. The van der Waals surface area contributed by atoms with Gasteiger partial charge in [-0.05, 0) is 37.2 Å². The van der Waals surface area contributed by atoms with Crippen LogP contribution in [0.5, 0.6) is 0 Å². The third-order valence-electron chi connectivity index (χ3n) is 5.84. The second-order valence-corrected chi connectivity index (χ2v) is 15.1. The number of hydrogen-bond donors (Lipinski definition) is 1. The van der Waals surface area contributed by atoms with Gasteiger partial charge >= 0.3 is 5.00 Å². The molecule has 1 saturated heterocycles. The molecule has 0 radical (unpaired) electrons. The van der Waals surface area contributed by atoms with Crippen molar-refractivity contribution in [3.8, 4) is 0 Å². The number of thiophene rings is 1. The van der Waals surface area contributed by atoms with Crippen molar-refractivity contribution in [3.63, 3.8) is 0 Å². The highest BCUT2D eigenvalue weighted by Crippen LogP contribution is 2.32. The van der Waals surface area contributed by atoms with Crippen LogP contribution in [0.4, 0.5) is 10.9 Å². The van der Waals surface area contributed by atoms with E-state index in [0.717, 1.165) is 12.3 Å². The molecule has 1 aliphatic heterocycles. The van der Waals surface area contributed by atoms with Crippen molar-refractivity contribution < 1.29 is 26.9 Å². The van der Waals surface area contributed by atoms with Crippen molar-refractivity contribution in [1.82, 2.24) is 18.6 Å². The molecule has 1 aliphatic rings. The first-order valence-electron chi connectivity index (χ1n) is 11.5. The van der Waals surface area contributed by atoms with Crippen molar-refractivity contribution in [2.45, 2.75) is 43.5 Å². The van der Waals surface area contributed by atoms with Gasteiger partial charge in [0.25, 0.3) is 10.0 Å². The normalized spacial score (nSPS) is 18.1. The third kappa shape index (κ3) is 7.00. The first kappa shape index (κ1) is 29.3. The highest BCUT2D eigenvalue weighted by atomic mass is 32.2. The minimum absolute atomic E-state index is 0.00970. The van der Waals surface area contributed by atoms with Crippen LogP contribution in [0.2, 0.25) is 0 Å². The van der Waals surface area contributed by atoms with E-state index >= 15 is 0 Å². The van der Waals surface area contributed by atoms with Crippen LogP contribution in [-0.2, 0) is 25.6 Å². The second kappa shape index (κ2) is 10.9. The third-order valence-corrected chi connectivity index (χ3v) is 10.4. The molecule has 0 saturated carbocycles. The van der Waals surface area contributed by atoms with E-state index in [4.69, 9.17) is 0 Å². The number of aromatic nitrogens is 2. The molecule has 0 spiro atoms. The fourth-order valence-electron chi connectivity index (χ4n) is 3.91. The molecule has 3 heterocycles. The molecule has 1 N–H and O–H groups in total. The second-order valence-electron chi connectivity index (χ2n) is 9.86. The van der Waals surface area contributed by atoms with Gasteiger partial charge in [-0.15, -0.1) is 0 Å². The highest BCUT2D eigenvalue weighted by Gasteiger charge is 2.38. The van der Waals surface area contributed by atoms with Gasteiger partial charge in [0.2, 0.25) is 16.0 Å². The maximum absolute atomic E-state index is 13.3. The van der Waals surface area contributed by atoms with E-state index in [-0.39, 0.29) is 53.8 Å². The molecule has 13 nitrogen and oxygen atoms in total. The SMILES string of the molecule is CC(C)CN(C[C@H]1CN(S(=O)(=O)c2ccc([N+](=O)[O-])s2)CCN1c1ncc(C(C)(C)O)cn1)S(C)(=O)=O. The summed E-state index contributed by atoms with van der Waals surface area (Å²) in [5.41, 5.74) is -0.663. The Hall–Kier alpha value is -2.24. The largest absolute Gasteiger partial charge is 0.386 e. The lowest BCUT2D eigenvalue weighted by atomic mass is 10.0. The summed E-state index contributed by atoms with van der Waals surface area (Å²) in [5.74, 6) is 0.306. The van der Waals surface area contributed by atoms with Crippen molar-refractivity contribution in [2.75, 3.05) is 43.9 Å². The predicted octanol–water partition coefficient (Wildman–Crippen LogP) is 1.47. The molecule has 206 valence electrons. The molecule has 0 bridgehead atoms. The van der Waals surface area contributed by atoms with Crippen molar-refractivity contribution in [2.24, 2.45) is 5.92 Å². The Labute approximate surface area is 221 Å². The number of nitrogens with zero attached hydrogens (tertiary/aromatic N) is 6. The Balaban J connectivity index is 1.96. The van der Waals surface area contributed by atoms with Gasteiger partial charge < -0.3 is 10.0 Å². The number of aliphatic hydroxyl groups is 1. The lowest BCUT2D eigenvalue weighted by molar-refractivity contribution is -0.380. The smallest absolute Gasteiger partial charge is 0.325 e. The Morgan fingerprint density at radius 2 is 1.84 bits per heavy atom. The topological polar surface area (TPSA) is 167 Å². The van der Waals surface area contributed by atoms with E-state index in [1.807, 2.05) is 13.8 Å². The fourth-order valence-corrected chi connectivity index (χ4v) is 7.66. The van der Waals surface area contributed by atoms with E-state index in [1.54, 1.807) is 18.7 Å². The molecule has 0 aliphatic carbocycles. The molecule has 2 aromatic heterocycles. The van der Waals surface area contributed by atoms with Gasteiger partial charge in [0.15, 0.2) is 0 Å². The molecule has 0 aromatic carbocycles. The summed E-state index contributed by atoms with van der Waals surface area (Å²) in [6, 6.07) is 1.72. The maximum Gasteiger partial charge on any atom is 0.325 e. The Morgan fingerprint density at radius 3 is 2.32 bits per heavy atom. The van der Waals surface area contributed by atoms with Crippen LogP contribution < -0.4 is 4.90 Å². The number of rotatable bonds is 10. The molecule has 37 heavy (non-hydrogen) atoms. The van der Waals surface area contributed by atoms with Crippen molar-refractivity contribution >= 4 is 42.3 Å². The van der Waals surface area contributed by atoms with Gasteiger partial charge in [0.1, 0.15) is 4.21 Å². The van der Waals surface area contributed by atoms with Gasteiger partial charge in [-0.3, -0.25) is 10.1 Å². The van der Waals surface area contributed by atoms with Crippen molar-refractivity contribution in [1.29, 1.82) is 0 Å². The van der Waals surface area contributed by atoms with E-state index in [2.05, 4.69) is 9.97 Å². The van der Waals surface area contributed by atoms with Crippen LogP contribution >= 0.6 is 11.3 Å². The molecule has 3 rings (SSSR count). The quantitative estimate of drug-likeness (QED) is 0.323. The minimum Gasteiger partial charge on any atom is -0.386 e. The minimum atomic E-state index is -4.05. The van der Waals surface area contributed by atoms with E-state index in [0.29, 0.717) is 16.9 Å². The van der Waals surface area contributed by atoms with E-state index in [9.17, 15) is 32.1 Å². The summed E-state index contributed by atoms with van der Waals surface area (Å²) >= 11 is 0.573. The van der Waals surface area contributed by atoms with Crippen LogP contribution in [0, 0.1) is 16.0 Å². The average molecular weight is 577 g/mol. The molecule has 0 amide bonds. The molecular weight excluding hydrogens is 544 g/mol. The van der Waals surface area contributed by atoms with Gasteiger partial charge in [-0.2, -0.15) is 8.61 Å². The molecule has 1 fully saturated rings. The van der Waals surface area contributed by atoms with Gasteiger partial charge in [0, 0.05) is 56.7 Å². The van der Waals surface area contributed by atoms with Crippen LogP contribution in [0.1, 0.15) is 33.3 Å². The Morgan fingerprint density at radius 1 is 1.22 bits per heavy atom. The number of hydrogen-bond acceptors (Lipinski definition) is 11. The zero-order chi connectivity index (χ0) is 27.8. The van der Waals surface area contributed by atoms with E-state index in [1.165, 1.54) is 27.1 Å². The summed E-state index contributed by atoms with van der Waals surface area (Å²) < 4.78 is 54.2. The summed E-state index contributed by atoms with van der Waals surface area (Å²) in [6.45, 7) is 7.34. The van der Waals surface area contributed by atoms with Crippen LogP contribution in [0.3, 0.4) is 0 Å². The zero-order valence-electron chi connectivity index (χ0n) is 21.3. The van der Waals surface area contributed by atoms with Gasteiger partial charge in [0.05, 0.1) is 22.8 Å². The van der Waals surface area contributed by atoms with Crippen LogP contribution in [-0.4, -0.2) is 90.5 Å². The highest BCUT2D eigenvalue weighted by molar-refractivity contribution is 7.91. The zero-order valence-corrected chi connectivity index (χ0v) is 23.8. The molecule has 2 aromatic rings. The van der Waals surface area contributed by atoms with Crippen LogP contribution in [0.15, 0.2) is 28.7 Å². The Kier molecular flexibility index (Phi) is 8.61. The van der Waals surface area contributed by atoms with Gasteiger partial charge in [-0.25, -0.2) is 26.8 Å². The maximum atomic E-state index is 13.3. The van der Waals surface area contributed by atoms with Crippen LogP contribution in [0.25, 0.3) is 0 Å². The first-order chi connectivity index (χ1) is 17.0. The number of nitro groups is 1. The number of sulfonamides is 2. The lowest BCUT2D eigenvalue weighted by Gasteiger charge is -2.42. The standard InChI is InChI=1S/C21H32N6O7S3/c1-15(2)12-25(36(5,31)32)14-17-13-24(37(33,34)19-7-6-18(35-19)27(29)30)8-9-26(17)20-22-10-16(11-23-20)21(3,4)28/h6-7,10-11,15,17,28H,8-9,12-14H2,1-5H3/t17-/m1/s1. The summed E-state index contributed by atoms with van der Waals surface area (Å²) in [7, 11) is -7.67. The average Bonchev–Trinajstić information content (AvgIpc) is 3.29. The molecular formula is C21H32N6O7S3. The summed E-state index contributed by atoms with van der Waals surface area (Å²) in [5, 5.41) is 21.0. The van der Waals surface area contributed by atoms with Crippen molar-refractivity contribution in [3.05, 3.63) is 40.2 Å². The van der Waals surface area contributed by atoms with E-state index < -0.39 is 36.6 Å². The first-order valence-corrected chi connectivity index (χ1v) is 15.6. The Bertz CT molecular complexity index is 1320. The summed E-state index contributed by atoms with van der Waals surface area (Å²) in [4.78, 5) is 20.9. The molecule has 0 unspecified atom stereocenters. The predicted molar refractivity (Wildman–Crippen MR) is 139 cm³/mol. The van der Waals surface area contributed by atoms with Gasteiger partial charge in [-0.1, -0.05) is 13.8 Å². The number of piperazine rings is 1. The summed E-state index contributed by atoms with van der Waals surface area (Å²) in [6.07, 6.45) is 4.07. The monoisotopic (exact) mass is 576 g/mol. The number of anilines is 1. The molecule has 16 heteroatoms. The fraction of sp³-hybridized carbons (Fsp3) is 0.619.